The normalized spacial score (nSPS) is 16.3. The maximum absolute atomic E-state index is 12.7. The van der Waals surface area contributed by atoms with Crippen molar-refractivity contribution < 1.29 is 23.2 Å². The fourth-order valence-corrected chi connectivity index (χ4v) is 1.87. The lowest BCUT2D eigenvalue weighted by Crippen LogP contribution is -2.38. The van der Waals surface area contributed by atoms with Crippen molar-refractivity contribution in [3.8, 4) is 0 Å². The summed E-state index contributed by atoms with van der Waals surface area (Å²) in [5.74, 6) is 0.0408. The van der Waals surface area contributed by atoms with Gasteiger partial charge in [-0.15, -0.1) is 0 Å². The first kappa shape index (κ1) is 11.5. The van der Waals surface area contributed by atoms with E-state index < -0.39 is 24.3 Å². The molecule has 2 nitrogen and oxygen atoms in total. The van der Waals surface area contributed by atoms with Crippen LogP contribution in [0, 0.1) is 0 Å². The van der Waals surface area contributed by atoms with Crippen LogP contribution in [0.4, 0.5) is 13.2 Å². The monoisotopic (exact) mass is 230 g/mol. The maximum atomic E-state index is 12.7. The summed E-state index contributed by atoms with van der Waals surface area (Å²) < 4.78 is 38.0. The first-order valence-corrected chi connectivity index (χ1v) is 4.97. The minimum absolute atomic E-state index is 0.0408. The molecule has 1 fully saturated rings. The fraction of sp³-hybridized carbons (Fsp3) is 0.400. The molecule has 6 heteroatoms. The minimum atomic E-state index is -4.55. The van der Waals surface area contributed by atoms with Crippen molar-refractivity contribution in [1.29, 1.82) is 0 Å². The summed E-state index contributed by atoms with van der Waals surface area (Å²) >= 11 is 0. The van der Waals surface area contributed by atoms with Crippen LogP contribution < -0.4 is 5.46 Å². The molecule has 0 amide bonds. The summed E-state index contributed by atoms with van der Waals surface area (Å²) in [7, 11) is -2.08. The first-order valence-electron chi connectivity index (χ1n) is 4.97. The van der Waals surface area contributed by atoms with E-state index in [-0.39, 0.29) is 5.92 Å². The van der Waals surface area contributed by atoms with Gasteiger partial charge < -0.3 is 10.0 Å². The second kappa shape index (κ2) is 3.78. The summed E-state index contributed by atoms with van der Waals surface area (Å²) in [5, 5.41) is 18.2. The highest BCUT2D eigenvalue weighted by molar-refractivity contribution is 6.59. The summed E-state index contributed by atoms with van der Waals surface area (Å²) in [6, 6.07) is 3.71. The summed E-state index contributed by atoms with van der Waals surface area (Å²) in [6.07, 6.45) is -2.94. The predicted molar refractivity (Wildman–Crippen MR) is 53.2 cm³/mol. The van der Waals surface area contributed by atoms with Gasteiger partial charge >= 0.3 is 13.3 Å². The number of rotatable bonds is 2. The molecule has 0 radical (unpaired) electrons. The van der Waals surface area contributed by atoms with Gasteiger partial charge in [-0.2, -0.15) is 13.2 Å². The molecule has 1 aromatic rings. The van der Waals surface area contributed by atoms with Crippen molar-refractivity contribution >= 4 is 12.6 Å². The third-order valence-corrected chi connectivity index (χ3v) is 2.72. The quantitative estimate of drug-likeness (QED) is 0.751. The molecular formula is C10H10BF3O2. The van der Waals surface area contributed by atoms with Gasteiger partial charge in [0.2, 0.25) is 0 Å². The third kappa shape index (κ3) is 2.08. The number of benzene rings is 1. The number of alkyl halides is 3. The lowest BCUT2D eigenvalue weighted by molar-refractivity contribution is -0.136. The SMILES string of the molecule is OB(O)c1c(C2CC2)cccc1C(F)(F)F. The first-order chi connectivity index (χ1) is 7.41. The fourth-order valence-electron chi connectivity index (χ4n) is 1.87. The van der Waals surface area contributed by atoms with Crippen molar-refractivity contribution in [2.24, 2.45) is 0 Å². The summed E-state index contributed by atoms with van der Waals surface area (Å²) in [5.41, 5.74) is -0.936. The van der Waals surface area contributed by atoms with Crippen molar-refractivity contribution in [2.75, 3.05) is 0 Å². The predicted octanol–water partition coefficient (Wildman–Crippen LogP) is 1.26. The third-order valence-electron chi connectivity index (χ3n) is 2.72. The molecule has 0 spiro atoms. The van der Waals surface area contributed by atoms with Crippen molar-refractivity contribution in [3.63, 3.8) is 0 Å². The maximum Gasteiger partial charge on any atom is 0.489 e. The van der Waals surface area contributed by atoms with E-state index in [0.29, 0.717) is 5.56 Å². The van der Waals surface area contributed by atoms with Crippen molar-refractivity contribution in [1.82, 2.24) is 0 Å². The molecule has 0 unspecified atom stereocenters. The van der Waals surface area contributed by atoms with Crippen LogP contribution in [-0.2, 0) is 6.18 Å². The van der Waals surface area contributed by atoms with Gasteiger partial charge in [-0.25, -0.2) is 0 Å². The minimum Gasteiger partial charge on any atom is -0.423 e. The molecule has 0 aliphatic heterocycles. The lowest BCUT2D eigenvalue weighted by atomic mass is 9.72. The molecule has 86 valence electrons. The van der Waals surface area contributed by atoms with Crippen LogP contribution in [0.5, 0.6) is 0 Å². The molecular weight excluding hydrogens is 220 g/mol. The van der Waals surface area contributed by atoms with Crippen LogP contribution in [0.2, 0.25) is 0 Å². The molecule has 16 heavy (non-hydrogen) atoms. The Morgan fingerprint density at radius 2 is 1.81 bits per heavy atom. The van der Waals surface area contributed by atoms with Crippen LogP contribution in [0.1, 0.15) is 29.9 Å². The van der Waals surface area contributed by atoms with E-state index in [1.165, 1.54) is 12.1 Å². The Morgan fingerprint density at radius 3 is 2.25 bits per heavy atom. The van der Waals surface area contributed by atoms with Gasteiger partial charge in [-0.1, -0.05) is 18.2 Å². The smallest absolute Gasteiger partial charge is 0.423 e. The second-order valence-electron chi connectivity index (χ2n) is 3.95. The highest BCUT2D eigenvalue weighted by atomic mass is 19.4. The van der Waals surface area contributed by atoms with Crippen molar-refractivity contribution in [2.45, 2.75) is 24.9 Å². The van der Waals surface area contributed by atoms with Crippen LogP contribution in [-0.4, -0.2) is 17.2 Å². The molecule has 1 saturated carbocycles. The zero-order valence-electron chi connectivity index (χ0n) is 8.33. The zero-order valence-corrected chi connectivity index (χ0v) is 8.33. The van der Waals surface area contributed by atoms with E-state index in [9.17, 15) is 13.2 Å². The van der Waals surface area contributed by atoms with Crippen LogP contribution in [0.25, 0.3) is 0 Å². The number of halogens is 3. The Hall–Kier alpha value is -1.01. The van der Waals surface area contributed by atoms with E-state index in [1.54, 1.807) is 0 Å². The average Bonchev–Trinajstić information content (AvgIpc) is 2.98. The largest absolute Gasteiger partial charge is 0.489 e. The Kier molecular flexibility index (Phi) is 2.71. The molecule has 0 saturated heterocycles. The number of hydrogen-bond acceptors (Lipinski definition) is 2. The average molecular weight is 230 g/mol. The van der Waals surface area contributed by atoms with Gasteiger partial charge in [0.05, 0.1) is 5.56 Å². The summed E-state index contributed by atoms with van der Waals surface area (Å²) in [4.78, 5) is 0. The standard InChI is InChI=1S/C10H10BF3O2/c12-10(13,14)8-3-1-2-7(6-4-5-6)9(8)11(15)16/h1-3,6,15-16H,4-5H2. The van der Waals surface area contributed by atoms with Crippen LogP contribution in [0.15, 0.2) is 18.2 Å². The second-order valence-corrected chi connectivity index (χ2v) is 3.95. The van der Waals surface area contributed by atoms with E-state index >= 15 is 0 Å². The molecule has 0 bridgehead atoms. The Bertz CT molecular complexity index is 400. The molecule has 0 atom stereocenters. The topological polar surface area (TPSA) is 40.5 Å². The molecule has 1 aromatic carbocycles. The highest BCUT2D eigenvalue weighted by Gasteiger charge is 2.39. The Morgan fingerprint density at radius 1 is 1.19 bits per heavy atom. The van der Waals surface area contributed by atoms with Gasteiger partial charge in [0, 0.05) is 0 Å². The number of hydrogen-bond donors (Lipinski definition) is 2. The van der Waals surface area contributed by atoms with E-state index in [0.717, 1.165) is 18.9 Å². The molecule has 2 N–H and O–H groups in total. The molecule has 1 aliphatic rings. The van der Waals surface area contributed by atoms with Gasteiger partial charge in [-0.05, 0) is 29.8 Å². The Labute approximate surface area is 90.9 Å². The zero-order chi connectivity index (χ0) is 11.9. The molecule has 2 rings (SSSR count). The van der Waals surface area contributed by atoms with E-state index in [4.69, 9.17) is 10.0 Å². The van der Waals surface area contributed by atoms with Gasteiger partial charge in [0.1, 0.15) is 0 Å². The van der Waals surface area contributed by atoms with E-state index in [1.807, 2.05) is 0 Å². The molecule has 0 heterocycles. The van der Waals surface area contributed by atoms with Gasteiger partial charge in [-0.3, -0.25) is 0 Å². The van der Waals surface area contributed by atoms with Gasteiger partial charge in [0.15, 0.2) is 0 Å². The van der Waals surface area contributed by atoms with Gasteiger partial charge in [0.25, 0.3) is 0 Å². The molecule has 0 aromatic heterocycles. The van der Waals surface area contributed by atoms with E-state index in [2.05, 4.69) is 0 Å². The lowest BCUT2D eigenvalue weighted by Gasteiger charge is -2.16. The van der Waals surface area contributed by atoms with Crippen LogP contribution >= 0.6 is 0 Å². The van der Waals surface area contributed by atoms with Crippen LogP contribution in [0.3, 0.4) is 0 Å². The molecule has 1 aliphatic carbocycles. The highest BCUT2D eigenvalue weighted by Crippen LogP contribution is 2.40. The van der Waals surface area contributed by atoms with Crippen molar-refractivity contribution in [3.05, 3.63) is 29.3 Å². The summed E-state index contributed by atoms with van der Waals surface area (Å²) in [6.45, 7) is 0. The Balaban J connectivity index is 2.55.